The smallest absolute Gasteiger partial charge is 0.0254 e. The van der Waals surface area contributed by atoms with E-state index in [9.17, 15) is 0 Å². The summed E-state index contributed by atoms with van der Waals surface area (Å²) in [5, 5.41) is 1.03. The van der Waals surface area contributed by atoms with Gasteiger partial charge in [0, 0.05) is 10.00 Å². The quantitative estimate of drug-likeness (QED) is 0.544. The van der Waals surface area contributed by atoms with Crippen LogP contribution < -0.4 is 0 Å². The summed E-state index contributed by atoms with van der Waals surface area (Å²) in [4.78, 5) is 0. The van der Waals surface area contributed by atoms with Gasteiger partial charge in [-0.25, -0.2) is 0 Å². The molecule has 1 aliphatic carbocycles. The number of rotatable bonds is 1. The van der Waals surface area contributed by atoms with E-state index in [0.29, 0.717) is 0 Å². The summed E-state index contributed by atoms with van der Waals surface area (Å²) < 4.78 is 0.728. The lowest BCUT2D eigenvalue weighted by Gasteiger charge is -2.26. The molecule has 0 amide bonds. The van der Waals surface area contributed by atoms with Crippen LogP contribution in [0.25, 0.3) is 0 Å². The lowest BCUT2D eigenvalue weighted by Crippen LogP contribution is -2.23. The summed E-state index contributed by atoms with van der Waals surface area (Å²) in [7, 11) is 0. The van der Waals surface area contributed by atoms with Crippen molar-refractivity contribution in [1.82, 2.24) is 0 Å². The van der Waals surface area contributed by atoms with Crippen molar-refractivity contribution in [2.75, 3.05) is 0 Å². The summed E-state index contributed by atoms with van der Waals surface area (Å²) in [6.45, 7) is 7.19. The van der Waals surface area contributed by atoms with E-state index in [1.54, 1.807) is 0 Å². The van der Waals surface area contributed by atoms with Gasteiger partial charge < -0.3 is 0 Å². The highest BCUT2D eigenvalue weighted by Gasteiger charge is 2.54. The molecule has 3 atom stereocenters. The van der Waals surface area contributed by atoms with Crippen LogP contribution in [-0.2, 0) is 0 Å². The van der Waals surface area contributed by atoms with E-state index in [1.165, 1.54) is 19.3 Å². The first-order valence-corrected chi connectivity index (χ1v) is 5.67. The van der Waals surface area contributed by atoms with Crippen LogP contribution in [0.4, 0.5) is 0 Å². The molecule has 0 aromatic carbocycles. The number of hydrogen-bond donors (Lipinski definition) is 0. The van der Waals surface area contributed by atoms with Gasteiger partial charge in [-0.1, -0.05) is 13.8 Å². The number of fused-ring (bicyclic) bond motifs is 1. The van der Waals surface area contributed by atoms with Gasteiger partial charge in [0.15, 0.2) is 0 Å². The molecule has 1 saturated carbocycles. The van der Waals surface area contributed by atoms with Crippen molar-refractivity contribution in [3.63, 3.8) is 0 Å². The van der Waals surface area contributed by atoms with Gasteiger partial charge in [-0.2, -0.15) is 0 Å². The Labute approximate surface area is 74.1 Å². The van der Waals surface area contributed by atoms with Crippen molar-refractivity contribution < 1.29 is 0 Å². The molecule has 2 rings (SSSR count). The van der Waals surface area contributed by atoms with Crippen molar-refractivity contribution >= 4 is 11.8 Å². The van der Waals surface area contributed by atoms with Crippen molar-refractivity contribution in [2.45, 2.75) is 50.0 Å². The molecule has 64 valence electrons. The topological polar surface area (TPSA) is 0 Å². The first-order valence-electron chi connectivity index (χ1n) is 4.79. The molecular weight excluding hydrogens is 152 g/mol. The van der Waals surface area contributed by atoms with Crippen molar-refractivity contribution in [1.29, 1.82) is 0 Å². The Hall–Kier alpha value is 0.350. The third-order valence-electron chi connectivity index (χ3n) is 3.51. The maximum Gasteiger partial charge on any atom is 0.0254 e. The van der Waals surface area contributed by atoms with Gasteiger partial charge in [-0.05, 0) is 38.0 Å². The zero-order valence-electron chi connectivity index (χ0n) is 7.76. The summed E-state index contributed by atoms with van der Waals surface area (Å²) >= 11 is 2.22. The summed E-state index contributed by atoms with van der Waals surface area (Å²) in [6.07, 6.45) is 4.46. The third-order valence-corrected chi connectivity index (χ3v) is 5.28. The molecule has 1 heterocycles. The molecule has 2 aliphatic rings. The number of hydrogen-bond acceptors (Lipinski definition) is 1. The van der Waals surface area contributed by atoms with Crippen LogP contribution in [-0.4, -0.2) is 10.00 Å². The Morgan fingerprint density at radius 1 is 1.45 bits per heavy atom. The lowest BCUT2D eigenvalue weighted by atomic mass is 9.78. The highest BCUT2D eigenvalue weighted by Crippen LogP contribution is 2.62. The van der Waals surface area contributed by atoms with Crippen LogP contribution in [0, 0.1) is 11.8 Å². The Morgan fingerprint density at radius 2 is 2.18 bits per heavy atom. The average Bonchev–Trinajstić information content (AvgIpc) is 2.58. The van der Waals surface area contributed by atoms with Crippen LogP contribution in [0.3, 0.4) is 0 Å². The van der Waals surface area contributed by atoms with E-state index in [2.05, 4.69) is 32.5 Å². The molecule has 1 heteroatoms. The first kappa shape index (κ1) is 7.97. The Balaban J connectivity index is 1.93. The molecule has 1 aliphatic heterocycles. The van der Waals surface area contributed by atoms with Crippen molar-refractivity contribution in [2.24, 2.45) is 11.8 Å². The molecule has 1 saturated heterocycles. The summed E-state index contributed by atoms with van der Waals surface area (Å²) in [5.41, 5.74) is 0. The first-order chi connectivity index (χ1) is 5.12. The van der Waals surface area contributed by atoms with Gasteiger partial charge in [0.05, 0.1) is 0 Å². The van der Waals surface area contributed by atoms with Crippen LogP contribution in [0.15, 0.2) is 0 Å². The molecule has 0 radical (unpaired) electrons. The summed E-state index contributed by atoms with van der Waals surface area (Å²) in [6, 6.07) is 0. The highest BCUT2D eigenvalue weighted by atomic mass is 32.2. The fraction of sp³-hybridized carbons (Fsp3) is 1.00. The zero-order chi connectivity index (χ0) is 8.06. The van der Waals surface area contributed by atoms with Crippen molar-refractivity contribution in [3.8, 4) is 0 Å². The maximum absolute atomic E-state index is 2.44. The molecule has 0 aromatic rings. The fourth-order valence-corrected chi connectivity index (χ4v) is 3.65. The second-order valence-corrected chi connectivity index (χ2v) is 6.43. The standard InChI is InChI=1S/C10H18S/c1-7(2)8-4-5-10(3)9(6-8)11-10/h7-9H,4-6H2,1-3H3/t8-,9-,10-/m1/s1. The summed E-state index contributed by atoms with van der Waals surface area (Å²) in [5.74, 6) is 1.95. The van der Waals surface area contributed by atoms with Gasteiger partial charge in [-0.3, -0.25) is 0 Å². The average molecular weight is 170 g/mol. The highest BCUT2D eigenvalue weighted by molar-refractivity contribution is 8.08. The monoisotopic (exact) mass is 170 g/mol. The zero-order valence-corrected chi connectivity index (χ0v) is 8.58. The molecule has 0 spiro atoms. The largest absolute Gasteiger partial charge is 0.149 e. The maximum atomic E-state index is 2.44. The van der Waals surface area contributed by atoms with Crippen molar-refractivity contribution in [3.05, 3.63) is 0 Å². The predicted molar refractivity (Wildman–Crippen MR) is 52.0 cm³/mol. The minimum absolute atomic E-state index is 0.728. The molecule has 11 heavy (non-hydrogen) atoms. The second kappa shape index (κ2) is 2.42. The molecule has 0 unspecified atom stereocenters. The molecule has 0 aromatic heterocycles. The Morgan fingerprint density at radius 3 is 2.73 bits per heavy atom. The lowest BCUT2D eigenvalue weighted by molar-refractivity contribution is 0.280. The minimum Gasteiger partial charge on any atom is -0.149 e. The van der Waals surface area contributed by atoms with Gasteiger partial charge >= 0.3 is 0 Å². The fourth-order valence-electron chi connectivity index (χ4n) is 2.28. The van der Waals surface area contributed by atoms with Crippen LogP contribution >= 0.6 is 11.8 Å². The third kappa shape index (κ3) is 1.32. The molecular formula is C10H18S. The van der Waals surface area contributed by atoms with Crippen LogP contribution in [0.1, 0.15) is 40.0 Å². The van der Waals surface area contributed by atoms with Crippen LogP contribution in [0.2, 0.25) is 0 Å². The van der Waals surface area contributed by atoms with E-state index in [0.717, 1.165) is 21.8 Å². The number of thioether (sulfide) groups is 1. The van der Waals surface area contributed by atoms with E-state index < -0.39 is 0 Å². The van der Waals surface area contributed by atoms with Gasteiger partial charge in [-0.15, -0.1) is 11.8 Å². The molecule has 0 nitrogen and oxygen atoms in total. The van der Waals surface area contributed by atoms with E-state index in [4.69, 9.17) is 0 Å². The Kier molecular flexibility index (Phi) is 1.75. The molecule has 2 fully saturated rings. The Bertz CT molecular complexity index is 164. The van der Waals surface area contributed by atoms with E-state index in [-0.39, 0.29) is 0 Å². The minimum atomic E-state index is 0.728. The van der Waals surface area contributed by atoms with Gasteiger partial charge in [0.25, 0.3) is 0 Å². The molecule has 0 bridgehead atoms. The van der Waals surface area contributed by atoms with Crippen LogP contribution in [0.5, 0.6) is 0 Å². The normalized spacial score (nSPS) is 49.1. The van der Waals surface area contributed by atoms with Gasteiger partial charge in [0.2, 0.25) is 0 Å². The SMILES string of the molecule is CC(C)[C@@H]1CC[C@@]2(C)S[C@@H]2C1. The van der Waals surface area contributed by atoms with E-state index in [1.807, 2.05) is 0 Å². The van der Waals surface area contributed by atoms with Gasteiger partial charge in [0.1, 0.15) is 0 Å². The second-order valence-electron chi connectivity index (χ2n) is 4.70. The van der Waals surface area contributed by atoms with E-state index >= 15 is 0 Å². The molecule has 0 N–H and O–H groups in total. The predicted octanol–water partition coefficient (Wildman–Crippen LogP) is 3.32.